The molecule has 19 heteroatoms. The lowest BCUT2D eigenvalue weighted by Crippen LogP contribution is -2.67. The zero-order chi connectivity index (χ0) is 39.1. The third kappa shape index (κ3) is 5.44. The SMILES string of the molecule is N#CCC1CN(c2nc(OCC34CCCN3CCC4)nc3c(F)c(-c4ccc(F)c5sc(N)c(C#N)c45)c(Cl)cc23)CC12CCN2C(=O)n1cnc(C(F)F)n1. The predicted octanol–water partition coefficient (Wildman–Crippen LogP) is 6.90. The molecule has 1 amide bonds. The van der Waals surface area contributed by atoms with Crippen LogP contribution in [0, 0.1) is 40.2 Å². The van der Waals surface area contributed by atoms with Gasteiger partial charge in [0.1, 0.15) is 41.2 Å². The third-order valence-electron chi connectivity index (χ3n) is 12.1. The Kier molecular flexibility index (Phi) is 8.71. The molecule has 0 radical (unpaired) electrons. The number of thiophene rings is 1. The standard InChI is InChI=1S/C37H32ClF4N11O2S/c38-23-13-21-28(27(40)26(23)20-3-4-24(39)29-25(20)22(14-44)31(45)56-29)47-34(55-17-36-6-1-10-51(36)11-2-7-36)48-33(21)50-15-19(5-9-43)37(16-50)8-12-52(37)35(54)53-18-46-32(49-53)30(41)42/h3-4,13,18-19,30H,1-2,5-8,10-12,15-17,45H2. The Bertz CT molecular complexity index is 2530. The summed E-state index contributed by atoms with van der Waals surface area (Å²) >= 11 is 7.80. The van der Waals surface area contributed by atoms with E-state index in [1.165, 1.54) is 23.1 Å². The Balaban J connectivity index is 1.17. The summed E-state index contributed by atoms with van der Waals surface area (Å²) in [5.41, 5.74) is 4.90. The quantitative estimate of drug-likeness (QED) is 0.170. The highest BCUT2D eigenvalue weighted by Gasteiger charge is 2.58. The molecule has 7 heterocycles. The summed E-state index contributed by atoms with van der Waals surface area (Å²) in [6.07, 6.45) is 2.45. The number of nitrogens with two attached hydrogens (primary N) is 1. The van der Waals surface area contributed by atoms with Gasteiger partial charge in [-0.25, -0.2) is 27.3 Å². The Morgan fingerprint density at radius 1 is 1.14 bits per heavy atom. The highest BCUT2D eigenvalue weighted by atomic mass is 35.5. The maximum Gasteiger partial charge on any atom is 0.346 e. The van der Waals surface area contributed by atoms with E-state index in [2.05, 4.69) is 26.0 Å². The van der Waals surface area contributed by atoms with Crippen molar-refractivity contribution in [3.63, 3.8) is 0 Å². The maximum atomic E-state index is 17.3. The molecule has 2 aromatic carbocycles. The van der Waals surface area contributed by atoms with Gasteiger partial charge in [0.15, 0.2) is 5.82 Å². The van der Waals surface area contributed by atoms with Crippen LogP contribution in [0.2, 0.25) is 5.02 Å². The molecule has 0 bridgehead atoms. The number of nitriles is 2. The van der Waals surface area contributed by atoms with Gasteiger partial charge in [-0.2, -0.15) is 25.2 Å². The molecule has 4 saturated heterocycles. The number of fused-ring (bicyclic) bond motifs is 3. The summed E-state index contributed by atoms with van der Waals surface area (Å²) in [5, 5.41) is 23.9. The largest absolute Gasteiger partial charge is 0.461 e. The monoisotopic (exact) mass is 805 g/mol. The molecule has 9 rings (SSSR count). The summed E-state index contributed by atoms with van der Waals surface area (Å²) in [4.78, 5) is 32.5. The van der Waals surface area contributed by atoms with Crippen molar-refractivity contribution in [1.29, 1.82) is 10.5 Å². The lowest BCUT2D eigenvalue weighted by atomic mass is 9.75. The highest BCUT2D eigenvalue weighted by molar-refractivity contribution is 7.23. The zero-order valence-corrected chi connectivity index (χ0v) is 31.2. The number of aromatic nitrogens is 5. The normalized spacial score (nSPS) is 21.6. The molecule has 2 N–H and O–H groups in total. The van der Waals surface area contributed by atoms with Crippen molar-refractivity contribution in [2.45, 2.75) is 56.0 Å². The van der Waals surface area contributed by atoms with Crippen molar-refractivity contribution < 1.29 is 27.1 Å². The van der Waals surface area contributed by atoms with E-state index in [0.29, 0.717) is 6.42 Å². The van der Waals surface area contributed by atoms with Crippen LogP contribution in [-0.2, 0) is 0 Å². The second kappa shape index (κ2) is 13.4. The first-order chi connectivity index (χ1) is 27.0. The number of halogens is 5. The summed E-state index contributed by atoms with van der Waals surface area (Å²) in [5.74, 6) is -2.41. The van der Waals surface area contributed by atoms with Crippen molar-refractivity contribution in [3.8, 4) is 29.3 Å². The molecule has 13 nitrogen and oxygen atoms in total. The van der Waals surface area contributed by atoms with E-state index in [4.69, 9.17) is 27.1 Å². The van der Waals surface area contributed by atoms with Crippen LogP contribution in [0.25, 0.3) is 32.1 Å². The minimum Gasteiger partial charge on any atom is -0.461 e. The number of carbonyl (C=O) groups is 1. The number of nitrogen functional groups attached to an aromatic ring is 1. The molecule has 2 unspecified atom stereocenters. The van der Waals surface area contributed by atoms with Crippen LogP contribution in [-0.4, -0.2) is 91.0 Å². The molecule has 4 aliphatic rings. The number of carbonyl (C=O) groups excluding carboxylic acids is 1. The maximum absolute atomic E-state index is 17.3. The van der Waals surface area contributed by atoms with Gasteiger partial charge < -0.3 is 20.3 Å². The summed E-state index contributed by atoms with van der Waals surface area (Å²) < 4.78 is 66.2. The van der Waals surface area contributed by atoms with Gasteiger partial charge in [-0.15, -0.1) is 16.4 Å². The second-order valence-corrected chi connectivity index (χ2v) is 16.3. The summed E-state index contributed by atoms with van der Waals surface area (Å²) in [6, 6.07) is 7.51. The number of alkyl halides is 2. The molecule has 56 heavy (non-hydrogen) atoms. The van der Waals surface area contributed by atoms with E-state index < -0.39 is 41.4 Å². The number of hydrogen-bond donors (Lipinski definition) is 1. The number of hydrogen-bond acceptors (Lipinski definition) is 12. The number of nitrogens with zero attached hydrogens (tertiary/aromatic N) is 10. The number of ether oxygens (including phenoxy) is 1. The minimum atomic E-state index is -2.96. The Labute approximate surface area is 325 Å². The van der Waals surface area contributed by atoms with Crippen LogP contribution >= 0.6 is 22.9 Å². The molecule has 2 atom stereocenters. The number of amides is 1. The third-order valence-corrected chi connectivity index (χ3v) is 13.4. The van der Waals surface area contributed by atoms with Gasteiger partial charge in [0.25, 0.3) is 6.43 Å². The van der Waals surface area contributed by atoms with Crippen LogP contribution in [0.4, 0.5) is 33.2 Å². The molecule has 288 valence electrons. The minimum absolute atomic E-state index is 0.00113. The second-order valence-electron chi connectivity index (χ2n) is 14.8. The van der Waals surface area contributed by atoms with Crippen molar-refractivity contribution in [1.82, 2.24) is 34.5 Å². The van der Waals surface area contributed by atoms with Crippen molar-refractivity contribution in [3.05, 3.63) is 52.6 Å². The topological polar surface area (TPSA) is 166 Å². The van der Waals surface area contributed by atoms with E-state index in [1.807, 2.05) is 11.0 Å². The number of anilines is 2. The molecular weight excluding hydrogens is 774 g/mol. The van der Waals surface area contributed by atoms with E-state index in [1.54, 1.807) is 0 Å². The van der Waals surface area contributed by atoms with E-state index in [9.17, 15) is 24.1 Å². The molecule has 3 aromatic heterocycles. The van der Waals surface area contributed by atoms with Gasteiger partial charge in [-0.3, -0.25) is 4.90 Å². The van der Waals surface area contributed by atoms with Gasteiger partial charge >= 0.3 is 12.0 Å². The van der Waals surface area contributed by atoms with Gasteiger partial charge in [0.05, 0.1) is 32.4 Å². The van der Waals surface area contributed by atoms with Crippen LogP contribution in [0.3, 0.4) is 0 Å². The van der Waals surface area contributed by atoms with Crippen LogP contribution in [0.1, 0.15) is 56.3 Å². The molecule has 1 spiro atoms. The molecular formula is C37H32ClF4N11O2S. The Hall–Kier alpha value is -5.30. The van der Waals surface area contributed by atoms with Crippen LogP contribution in [0.15, 0.2) is 24.5 Å². The first-order valence-corrected chi connectivity index (χ1v) is 19.3. The molecule has 5 aromatic rings. The zero-order valence-electron chi connectivity index (χ0n) is 29.6. The fraction of sp³-hybridized carbons (Fsp3) is 0.432. The summed E-state index contributed by atoms with van der Waals surface area (Å²) in [6.45, 7) is 2.85. The predicted molar refractivity (Wildman–Crippen MR) is 198 cm³/mol. The van der Waals surface area contributed by atoms with E-state index >= 15 is 8.78 Å². The van der Waals surface area contributed by atoms with E-state index in [-0.39, 0.29) is 97.7 Å². The average molecular weight is 806 g/mol. The first kappa shape index (κ1) is 36.3. The first-order valence-electron chi connectivity index (χ1n) is 18.1. The van der Waals surface area contributed by atoms with Crippen molar-refractivity contribution in [2.75, 3.05) is 50.0 Å². The molecule has 4 fully saturated rings. The fourth-order valence-corrected chi connectivity index (χ4v) is 10.6. The molecule has 0 aliphatic carbocycles. The number of rotatable bonds is 7. The Morgan fingerprint density at radius 3 is 2.61 bits per heavy atom. The van der Waals surface area contributed by atoms with Gasteiger partial charge in [0.2, 0.25) is 5.82 Å². The molecule has 4 aliphatic heterocycles. The lowest BCUT2D eigenvalue weighted by Gasteiger charge is -2.52. The molecule has 0 saturated carbocycles. The van der Waals surface area contributed by atoms with Gasteiger partial charge in [0, 0.05) is 48.3 Å². The Morgan fingerprint density at radius 2 is 1.93 bits per heavy atom. The fourth-order valence-electron chi connectivity index (χ4n) is 9.34. The van der Waals surface area contributed by atoms with Gasteiger partial charge in [-0.05, 0) is 62.9 Å². The van der Waals surface area contributed by atoms with Crippen LogP contribution < -0.4 is 15.4 Å². The van der Waals surface area contributed by atoms with Gasteiger partial charge in [-0.1, -0.05) is 17.7 Å². The van der Waals surface area contributed by atoms with Crippen LogP contribution in [0.5, 0.6) is 6.01 Å². The number of benzene rings is 2. The van der Waals surface area contributed by atoms with Crippen molar-refractivity contribution >= 4 is 60.8 Å². The van der Waals surface area contributed by atoms with E-state index in [0.717, 1.165) is 61.1 Å². The van der Waals surface area contributed by atoms with Crippen molar-refractivity contribution in [2.24, 2.45) is 5.92 Å². The summed E-state index contributed by atoms with van der Waals surface area (Å²) in [7, 11) is 0. The highest BCUT2D eigenvalue weighted by Crippen LogP contribution is 2.49. The average Bonchev–Trinajstić information content (AvgIpc) is 3.99. The lowest BCUT2D eigenvalue weighted by molar-refractivity contribution is 0.00652. The smallest absolute Gasteiger partial charge is 0.346 e. The number of likely N-dealkylation sites (tertiary alicyclic amines) is 1.